The van der Waals surface area contributed by atoms with Gasteiger partial charge in [0.05, 0.1) is 6.61 Å². The maximum atomic E-state index is 14.8. The van der Waals surface area contributed by atoms with Gasteiger partial charge < -0.3 is 15.0 Å². The van der Waals surface area contributed by atoms with Crippen LogP contribution in [0.2, 0.25) is 0 Å². The molecule has 0 heterocycles. The maximum absolute atomic E-state index is 14.8. The van der Waals surface area contributed by atoms with Crippen molar-refractivity contribution in [2.45, 2.75) is 45.1 Å². The molecule has 0 aliphatic heterocycles. The Kier molecular flexibility index (Phi) is 6.91. The van der Waals surface area contributed by atoms with E-state index in [-0.39, 0.29) is 19.1 Å². The summed E-state index contributed by atoms with van der Waals surface area (Å²) in [4.78, 5) is 14.3. The van der Waals surface area contributed by atoms with Crippen molar-refractivity contribution in [3.05, 3.63) is 59.4 Å². The molecular weight excluding hydrogens is 367 g/mol. The number of nitrogens with zero attached hydrogens (tertiary/aromatic N) is 1. The lowest BCUT2D eigenvalue weighted by Crippen LogP contribution is -2.26. The standard InChI is InChI=1S/C24H31FN2O2.H2/c1-16(2)15-29-21-10-6-17(7-11-21)24(28)27(4)20-9-12-22(23(25)14-20)18-5-8-19(13-18)26-3;/h6-7,9-12,14,16,18-19,26H,5,8,13,15H2,1-4H3;1H. The Morgan fingerprint density at radius 3 is 2.55 bits per heavy atom. The fourth-order valence-electron chi connectivity index (χ4n) is 3.85. The molecule has 3 rings (SSSR count). The Balaban J connectivity index is 0.00000320. The summed E-state index contributed by atoms with van der Waals surface area (Å²) in [6, 6.07) is 12.7. The largest absolute Gasteiger partial charge is 0.493 e. The SMILES string of the molecule is CNC1CCC(c2ccc(N(C)C(=O)c3ccc(OCC(C)C)cc3)cc2F)C1.[HH]. The van der Waals surface area contributed by atoms with E-state index in [2.05, 4.69) is 19.2 Å². The second kappa shape index (κ2) is 9.40. The first-order valence-corrected chi connectivity index (χ1v) is 10.4. The third-order valence-electron chi connectivity index (χ3n) is 5.64. The number of benzene rings is 2. The predicted molar refractivity (Wildman–Crippen MR) is 117 cm³/mol. The summed E-state index contributed by atoms with van der Waals surface area (Å²) >= 11 is 0. The number of anilines is 1. The van der Waals surface area contributed by atoms with Gasteiger partial charge in [-0.15, -0.1) is 0 Å². The number of hydrogen-bond acceptors (Lipinski definition) is 3. The molecule has 158 valence electrons. The lowest BCUT2D eigenvalue weighted by Gasteiger charge is -2.20. The summed E-state index contributed by atoms with van der Waals surface area (Å²) in [6.07, 6.45) is 3.01. The molecule has 1 aliphatic rings. The minimum absolute atomic E-state index is 0. The van der Waals surface area contributed by atoms with Gasteiger partial charge in [0.25, 0.3) is 5.91 Å². The van der Waals surface area contributed by atoms with Crippen LogP contribution in [0.5, 0.6) is 5.75 Å². The van der Waals surface area contributed by atoms with Crippen molar-refractivity contribution >= 4 is 11.6 Å². The third-order valence-corrected chi connectivity index (χ3v) is 5.64. The monoisotopic (exact) mass is 400 g/mol. The molecule has 2 aromatic rings. The van der Waals surface area contributed by atoms with Crippen LogP contribution in [0.25, 0.3) is 0 Å². The van der Waals surface area contributed by atoms with Crippen LogP contribution < -0.4 is 15.0 Å². The number of hydrogen-bond donors (Lipinski definition) is 1. The fraction of sp³-hybridized carbons (Fsp3) is 0.458. The molecule has 0 spiro atoms. The van der Waals surface area contributed by atoms with E-state index in [9.17, 15) is 9.18 Å². The molecule has 4 nitrogen and oxygen atoms in total. The van der Waals surface area contributed by atoms with Crippen LogP contribution in [-0.2, 0) is 0 Å². The van der Waals surface area contributed by atoms with E-state index < -0.39 is 0 Å². The van der Waals surface area contributed by atoms with E-state index in [0.29, 0.717) is 29.8 Å². The lowest BCUT2D eigenvalue weighted by molar-refractivity contribution is 0.0993. The summed E-state index contributed by atoms with van der Waals surface area (Å²) in [5.74, 6) is 1.00. The molecule has 0 radical (unpaired) electrons. The molecular formula is C24H33FN2O2. The van der Waals surface area contributed by atoms with Crippen LogP contribution in [0.4, 0.5) is 10.1 Å². The number of carbonyl (C=O) groups excluding carboxylic acids is 1. The van der Waals surface area contributed by atoms with Crippen molar-refractivity contribution in [3.8, 4) is 5.75 Å². The quantitative estimate of drug-likeness (QED) is 0.691. The second-order valence-electron chi connectivity index (χ2n) is 8.29. The van der Waals surface area contributed by atoms with Gasteiger partial charge in [-0.2, -0.15) is 0 Å². The summed E-state index contributed by atoms with van der Waals surface area (Å²) in [5, 5.41) is 3.28. The van der Waals surface area contributed by atoms with Crippen LogP contribution in [-0.4, -0.2) is 32.7 Å². The van der Waals surface area contributed by atoms with Crippen molar-refractivity contribution in [2.24, 2.45) is 5.92 Å². The van der Waals surface area contributed by atoms with Crippen molar-refractivity contribution in [1.29, 1.82) is 0 Å². The van der Waals surface area contributed by atoms with Gasteiger partial charge in [0.2, 0.25) is 0 Å². The van der Waals surface area contributed by atoms with Crippen LogP contribution in [0.15, 0.2) is 42.5 Å². The first-order valence-electron chi connectivity index (χ1n) is 10.4. The van der Waals surface area contributed by atoms with Crippen LogP contribution in [0, 0.1) is 11.7 Å². The molecule has 29 heavy (non-hydrogen) atoms. The molecule has 1 saturated carbocycles. The Morgan fingerprint density at radius 2 is 1.97 bits per heavy atom. The molecule has 0 aromatic heterocycles. The number of rotatable bonds is 7. The summed E-state index contributed by atoms with van der Waals surface area (Å²) in [5.41, 5.74) is 1.85. The number of halogens is 1. The zero-order chi connectivity index (χ0) is 21.0. The zero-order valence-electron chi connectivity index (χ0n) is 17.7. The molecule has 1 aliphatic carbocycles. The van der Waals surface area contributed by atoms with E-state index >= 15 is 0 Å². The molecule has 0 saturated heterocycles. The van der Waals surface area contributed by atoms with Gasteiger partial charge in [-0.25, -0.2) is 4.39 Å². The van der Waals surface area contributed by atoms with Gasteiger partial charge in [0.15, 0.2) is 0 Å². The smallest absolute Gasteiger partial charge is 0.258 e. The average molecular weight is 401 g/mol. The first-order chi connectivity index (χ1) is 13.9. The molecule has 1 amide bonds. The van der Waals surface area contributed by atoms with E-state index in [1.54, 1.807) is 31.3 Å². The highest BCUT2D eigenvalue weighted by Crippen LogP contribution is 2.36. The topological polar surface area (TPSA) is 41.6 Å². The molecule has 0 bridgehead atoms. The average Bonchev–Trinajstić information content (AvgIpc) is 3.20. The summed E-state index contributed by atoms with van der Waals surface area (Å²) in [7, 11) is 3.63. The molecule has 1 fully saturated rings. The third kappa shape index (κ3) is 5.15. The number of nitrogens with one attached hydrogen (secondary N) is 1. The van der Waals surface area contributed by atoms with Crippen molar-refractivity contribution in [2.75, 3.05) is 25.6 Å². The minimum atomic E-state index is -0.235. The van der Waals surface area contributed by atoms with E-state index in [4.69, 9.17) is 4.74 Å². The normalized spacial score (nSPS) is 18.8. The Bertz CT molecular complexity index is 842. The summed E-state index contributed by atoms with van der Waals surface area (Å²) in [6.45, 7) is 4.81. The lowest BCUT2D eigenvalue weighted by atomic mass is 9.96. The molecule has 5 heteroatoms. The van der Waals surface area contributed by atoms with Gasteiger partial charge in [-0.3, -0.25) is 4.79 Å². The fourth-order valence-corrected chi connectivity index (χ4v) is 3.85. The van der Waals surface area contributed by atoms with Crippen molar-refractivity contribution < 1.29 is 15.3 Å². The highest BCUT2D eigenvalue weighted by Gasteiger charge is 2.27. The maximum Gasteiger partial charge on any atom is 0.258 e. The highest BCUT2D eigenvalue weighted by molar-refractivity contribution is 6.05. The molecule has 1 N–H and O–H groups in total. The van der Waals surface area contributed by atoms with Crippen molar-refractivity contribution in [1.82, 2.24) is 5.32 Å². The molecule has 2 aromatic carbocycles. The number of ether oxygens (including phenoxy) is 1. The van der Waals surface area contributed by atoms with Gasteiger partial charge >= 0.3 is 0 Å². The first kappa shape index (κ1) is 21.3. The van der Waals surface area contributed by atoms with Crippen LogP contribution >= 0.6 is 0 Å². The van der Waals surface area contributed by atoms with Gasteiger partial charge in [0, 0.05) is 25.8 Å². The van der Waals surface area contributed by atoms with Gasteiger partial charge in [-0.1, -0.05) is 19.9 Å². The highest BCUT2D eigenvalue weighted by atomic mass is 19.1. The summed E-state index contributed by atoms with van der Waals surface area (Å²) < 4.78 is 20.4. The zero-order valence-corrected chi connectivity index (χ0v) is 17.7. The van der Waals surface area contributed by atoms with Gasteiger partial charge in [-0.05, 0) is 80.1 Å². The Morgan fingerprint density at radius 1 is 1.24 bits per heavy atom. The Labute approximate surface area is 174 Å². The Hall–Kier alpha value is -2.40. The van der Waals surface area contributed by atoms with E-state index in [1.807, 2.05) is 19.2 Å². The van der Waals surface area contributed by atoms with Gasteiger partial charge in [0.1, 0.15) is 11.6 Å². The van der Waals surface area contributed by atoms with Crippen LogP contribution in [0.1, 0.15) is 56.4 Å². The van der Waals surface area contributed by atoms with E-state index in [0.717, 1.165) is 30.6 Å². The molecule has 2 atom stereocenters. The van der Waals surface area contributed by atoms with E-state index in [1.165, 1.54) is 11.0 Å². The number of amides is 1. The predicted octanol–water partition coefficient (Wildman–Crippen LogP) is 5.24. The van der Waals surface area contributed by atoms with Crippen LogP contribution in [0.3, 0.4) is 0 Å². The van der Waals surface area contributed by atoms with Crippen molar-refractivity contribution in [3.63, 3.8) is 0 Å². The second-order valence-corrected chi connectivity index (χ2v) is 8.29. The minimum Gasteiger partial charge on any atom is -0.493 e. The number of carbonyl (C=O) groups is 1. The molecule has 2 unspecified atom stereocenters.